The summed E-state index contributed by atoms with van der Waals surface area (Å²) in [5, 5.41) is 9.86. The van der Waals surface area contributed by atoms with Gasteiger partial charge < -0.3 is 10.0 Å². The highest BCUT2D eigenvalue weighted by atomic mass is 19.1. The maximum atomic E-state index is 13.0. The Morgan fingerprint density at radius 2 is 1.88 bits per heavy atom. The Balaban J connectivity index is 1.91. The first-order valence-electron chi connectivity index (χ1n) is 5.90. The standard InChI is InChI=1S/C13H17F2NO/c1-16(12-2-3-12)5-4-13(17)9-6-10(14)8-11(15)7-9/h6-8,12-13,17H,2-5H2,1H3. The summed E-state index contributed by atoms with van der Waals surface area (Å²) >= 11 is 0. The van der Waals surface area contributed by atoms with Crippen molar-refractivity contribution in [1.82, 2.24) is 4.90 Å². The lowest BCUT2D eigenvalue weighted by atomic mass is 10.1. The van der Waals surface area contributed by atoms with Crippen molar-refractivity contribution in [1.29, 1.82) is 0 Å². The average Bonchev–Trinajstić information content (AvgIpc) is 3.07. The first kappa shape index (κ1) is 12.5. The molecule has 1 N–H and O–H groups in total. The minimum absolute atomic E-state index is 0.312. The fourth-order valence-electron chi connectivity index (χ4n) is 1.96. The molecule has 1 aromatic carbocycles. The van der Waals surface area contributed by atoms with E-state index in [2.05, 4.69) is 4.90 Å². The molecule has 2 rings (SSSR count). The predicted molar refractivity (Wildman–Crippen MR) is 61.6 cm³/mol. The smallest absolute Gasteiger partial charge is 0.126 e. The van der Waals surface area contributed by atoms with Crippen LogP contribution in [0.25, 0.3) is 0 Å². The molecule has 1 unspecified atom stereocenters. The number of hydrogen-bond acceptors (Lipinski definition) is 2. The van der Waals surface area contributed by atoms with Crippen LogP contribution in [0.1, 0.15) is 30.9 Å². The van der Waals surface area contributed by atoms with Gasteiger partial charge in [0.25, 0.3) is 0 Å². The molecule has 0 heterocycles. The number of hydrogen-bond donors (Lipinski definition) is 1. The van der Waals surface area contributed by atoms with Gasteiger partial charge in [-0.05, 0) is 44.0 Å². The Morgan fingerprint density at radius 3 is 2.41 bits per heavy atom. The highest BCUT2D eigenvalue weighted by Crippen LogP contribution is 2.27. The van der Waals surface area contributed by atoms with Crippen LogP contribution < -0.4 is 0 Å². The van der Waals surface area contributed by atoms with Gasteiger partial charge in [-0.25, -0.2) is 8.78 Å². The maximum Gasteiger partial charge on any atom is 0.126 e. The van der Waals surface area contributed by atoms with Crippen LogP contribution >= 0.6 is 0 Å². The van der Waals surface area contributed by atoms with E-state index in [-0.39, 0.29) is 0 Å². The summed E-state index contributed by atoms with van der Waals surface area (Å²) in [6, 6.07) is 3.81. The zero-order chi connectivity index (χ0) is 12.4. The molecule has 1 aliphatic carbocycles. The average molecular weight is 241 g/mol. The number of nitrogens with zero attached hydrogens (tertiary/aromatic N) is 1. The summed E-state index contributed by atoms with van der Waals surface area (Å²) < 4.78 is 25.9. The second-order valence-corrected chi connectivity index (χ2v) is 4.72. The minimum Gasteiger partial charge on any atom is -0.388 e. The molecule has 0 bridgehead atoms. The van der Waals surface area contributed by atoms with Gasteiger partial charge in [0, 0.05) is 18.7 Å². The zero-order valence-electron chi connectivity index (χ0n) is 9.87. The van der Waals surface area contributed by atoms with Crippen LogP contribution in [-0.4, -0.2) is 29.6 Å². The predicted octanol–water partition coefficient (Wildman–Crippen LogP) is 2.48. The third-order valence-electron chi connectivity index (χ3n) is 3.20. The molecule has 0 spiro atoms. The molecule has 0 aliphatic heterocycles. The summed E-state index contributed by atoms with van der Waals surface area (Å²) in [5.41, 5.74) is 0.312. The van der Waals surface area contributed by atoms with Crippen molar-refractivity contribution in [2.45, 2.75) is 31.4 Å². The first-order chi connectivity index (χ1) is 8.06. The summed E-state index contributed by atoms with van der Waals surface area (Å²) in [5.74, 6) is -1.29. The Hall–Kier alpha value is -1.00. The Morgan fingerprint density at radius 1 is 1.29 bits per heavy atom. The van der Waals surface area contributed by atoms with Crippen molar-refractivity contribution in [2.75, 3.05) is 13.6 Å². The molecule has 1 aliphatic rings. The molecule has 1 aromatic rings. The molecule has 1 fully saturated rings. The van der Waals surface area contributed by atoms with E-state index in [1.54, 1.807) is 0 Å². The molecule has 0 aromatic heterocycles. The second kappa shape index (κ2) is 5.10. The normalized spacial score (nSPS) is 17.5. The fraction of sp³-hybridized carbons (Fsp3) is 0.538. The van der Waals surface area contributed by atoms with Gasteiger partial charge in [0.1, 0.15) is 11.6 Å². The van der Waals surface area contributed by atoms with Crippen LogP contribution in [0.3, 0.4) is 0 Å². The van der Waals surface area contributed by atoms with Crippen molar-refractivity contribution in [3.05, 3.63) is 35.4 Å². The molecule has 94 valence electrons. The van der Waals surface area contributed by atoms with Crippen molar-refractivity contribution < 1.29 is 13.9 Å². The molecule has 0 saturated heterocycles. The van der Waals surface area contributed by atoms with E-state index in [9.17, 15) is 13.9 Å². The Labute approximate surface area is 99.9 Å². The highest BCUT2D eigenvalue weighted by molar-refractivity contribution is 5.20. The molecule has 1 atom stereocenters. The maximum absolute atomic E-state index is 13.0. The molecule has 2 nitrogen and oxygen atoms in total. The lowest BCUT2D eigenvalue weighted by molar-refractivity contribution is 0.147. The van der Waals surface area contributed by atoms with Crippen LogP contribution in [-0.2, 0) is 0 Å². The lowest BCUT2D eigenvalue weighted by Gasteiger charge is -2.18. The molecule has 17 heavy (non-hydrogen) atoms. The monoisotopic (exact) mass is 241 g/mol. The first-order valence-corrected chi connectivity index (χ1v) is 5.90. The third-order valence-corrected chi connectivity index (χ3v) is 3.20. The van der Waals surface area contributed by atoms with Crippen molar-refractivity contribution in [3.63, 3.8) is 0 Å². The van der Waals surface area contributed by atoms with Gasteiger partial charge in [-0.2, -0.15) is 0 Å². The summed E-state index contributed by atoms with van der Waals surface area (Å²) in [6.07, 6.45) is 2.11. The summed E-state index contributed by atoms with van der Waals surface area (Å²) in [6.45, 7) is 0.740. The van der Waals surface area contributed by atoms with Gasteiger partial charge in [0.2, 0.25) is 0 Å². The van der Waals surface area contributed by atoms with Crippen molar-refractivity contribution >= 4 is 0 Å². The van der Waals surface area contributed by atoms with E-state index in [0.717, 1.165) is 12.6 Å². The van der Waals surface area contributed by atoms with Gasteiger partial charge in [0.15, 0.2) is 0 Å². The van der Waals surface area contributed by atoms with Gasteiger partial charge in [0.05, 0.1) is 6.10 Å². The number of aliphatic hydroxyl groups is 1. The van der Waals surface area contributed by atoms with E-state index >= 15 is 0 Å². The topological polar surface area (TPSA) is 23.5 Å². The molecule has 1 saturated carbocycles. The van der Waals surface area contributed by atoms with E-state index in [4.69, 9.17) is 0 Å². The van der Waals surface area contributed by atoms with Crippen LogP contribution in [0.15, 0.2) is 18.2 Å². The number of benzene rings is 1. The van der Waals surface area contributed by atoms with Crippen molar-refractivity contribution in [2.24, 2.45) is 0 Å². The van der Waals surface area contributed by atoms with Gasteiger partial charge >= 0.3 is 0 Å². The van der Waals surface area contributed by atoms with Gasteiger partial charge in [-0.3, -0.25) is 0 Å². The number of halogens is 2. The van der Waals surface area contributed by atoms with E-state index in [1.165, 1.54) is 25.0 Å². The Bertz CT molecular complexity index is 373. The highest BCUT2D eigenvalue weighted by Gasteiger charge is 2.26. The molecule has 4 heteroatoms. The Kier molecular flexibility index (Phi) is 3.74. The fourth-order valence-corrected chi connectivity index (χ4v) is 1.96. The molecule has 0 amide bonds. The molecule has 0 radical (unpaired) electrons. The quantitative estimate of drug-likeness (QED) is 0.856. The molecular formula is C13H17F2NO. The molecular weight excluding hydrogens is 224 g/mol. The van der Waals surface area contributed by atoms with Crippen LogP contribution in [0, 0.1) is 11.6 Å². The van der Waals surface area contributed by atoms with Gasteiger partial charge in [-0.15, -0.1) is 0 Å². The minimum atomic E-state index is -0.804. The van der Waals surface area contributed by atoms with Gasteiger partial charge in [-0.1, -0.05) is 0 Å². The second-order valence-electron chi connectivity index (χ2n) is 4.72. The summed E-state index contributed by atoms with van der Waals surface area (Å²) in [4.78, 5) is 2.18. The van der Waals surface area contributed by atoms with Crippen LogP contribution in [0.5, 0.6) is 0 Å². The van der Waals surface area contributed by atoms with Crippen LogP contribution in [0.4, 0.5) is 8.78 Å². The largest absolute Gasteiger partial charge is 0.388 e. The zero-order valence-corrected chi connectivity index (χ0v) is 9.87. The van der Waals surface area contributed by atoms with Crippen molar-refractivity contribution in [3.8, 4) is 0 Å². The summed E-state index contributed by atoms with van der Waals surface area (Å²) in [7, 11) is 2.01. The van der Waals surface area contributed by atoms with E-state index in [1.807, 2.05) is 7.05 Å². The number of rotatable bonds is 5. The van der Waals surface area contributed by atoms with E-state index in [0.29, 0.717) is 18.0 Å². The SMILES string of the molecule is CN(CCC(O)c1cc(F)cc(F)c1)C1CC1. The van der Waals surface area contributed by atoms with Crippen LogP contribution in [0.2, 0.25) is 0 Å². The van der Waals surface area contributed by atoms with E-state index < -0.39 is 17.7 Å². The lowest BCUT2D eigenvalue weighted by Crippen LogP contribution is -2.23. The number of aliphatic hydroxyl groups excluding tert-OH is 1. The third kappa shape index (κ3) is 3.48.